The molecule has 0 atom stereocenters. The minimum absolute atomic E-state index is 0.279. The van der Waals surface area contributed by atoms with E-state index < -0.39 is 5.97 Å². The highest BCUT2D eigenvalue weighted by atomic mass is 16.5. The van der Waals surface area contributed by atoms with Gasteiger partial charge in [0.15, 0.2) is 11.5 Å². The predicted molar refractivity (Wildman–Crippen MR) is 96.2 cm³/mol. The van der Waals surface area contributed by atoms with Crippen molar-refractivity contribution >= 4 is 17.6 Å². The van der Waals surface area contributed by atoms with E-state index in [-0.39, 0.29) is 12.5 Å². The fourth-order valence-electron chi connectivity index (χ4n) is 2.92. The number of nitrogens with one attached hydrogen (secondary N) is 2. The minimum atomic E-state index is -0.437. The standard InChI is InChI=1S/C19H22N2O5/c1-4-24-19(23)16-11(2)17(20-12(16)3)18(22)21-13-6-7-14-15(10-13)26-9-5-8-25-14/h6-7,10,20H,4-5,8-9H2,1-3H3,(H,21,22). The molecule has 0 saturated heterocycles. The fraction of sp³-hybridized carbons (Fsp3) is 0.368. The fourth-order valence-corrected chi connectivity index (χ4v) is 2.92. The first-order valence-corrected chi connectivity index (χ1v) is 8.58. The molecule has 1 aliphatic rings. The van der Waals surface area contributed by atoms with Crippen LogP contribution in [-0.4, -0.2) is 36.7 Å². The van der Waals surface area contributed by atoms with Crippen LogP contribution in [0.5, 0.6) is 11.5 Å². The molecule has 1 aromatic carbocycles. The molecular weight excluding hydrogens is 336 g/mol. The summed E-state index contributed by atoms with van der Waals surface area (Å²) in [6.07, 6.45) is 0.813. The number of aryl methyl sites for hydroxylation is 1. The zero-order valence-electron chi connectivity index (χ0n) is 15.1. The number of aromatic nitrogens is 1. The number of carbonyl (C=O) groups excluding carboxylic acids is 2. The van der Waals surface area contributed by atoms with Crippen LogP contribution in [0.25, 0.3) is 0 Å². The number of aromatic amines is 1. The van der Waals surface area contributed by atoms with Crippen LogP contribution in [0.1, 0.15) is 45.4 Å². The van der Waals surface area contributed by atoms with Crippen molar-refractivity contribution in [2.24, 2.45) is 0 Å². The molecule has 2 aromatic rings. The summed E-state index contributed by atoms with van der Waals surface area (Å²) in [5.41, 5.74) is 2.48. The van der Waals surface area contributed by atoms with Gasteiger partial charge in [0, 0.05) is 23.9 Å². The maximum Gasteiger partial charge on any atom is 0.340 e. The lowest BCUT2D eigenvalue weighted by molar-refractivity contribution is 0.0525. The monoisotopic (exact) mass is 358 g/mol. The summed E-state index contributed by atoms with van der Waals surface area (Å²) < 4.78 is 16.3. The summed E-state index contributed by atoms with van der Waals surface area (Å²) in [7, 11) is 0. The smallest absolute Gasteiger partial charge is 0.340 e. The van der Waals surface area contributed by atoms with E-state index in [4.69, 9.17) is 14.2 Å². The lowest BCUT2D eigenvalue weighted by Crippen LogP contribution is -2.14. The van der Waals surface area contributed by atoms with E-state index in [0.717, 1.165) is 6.42 Å². The number of H-pyrrole nitrogens is 1. The highest BCUT2D eigenvalue weighted by Crippen LogP contribution is 2.32. The molecule has 2 heterocycles. The molecule has 1 aromatic heterocycles. The number of esters is 1. The summed E-state index contributed by atoms with van der Waals surface area (Å²) in [4.78, 5) is 27.7. The van der Waals surface area contributed by atoms with Gasteiger partial charge in [0.25, 0.3) is 5.91 Å². The number of anilines is 1. The van der Waals surface area contributed by atoms with Crippen LogP contribution in [0, 0.1) is 13.8 Å². The van der Waals surface area contributed by atoms with E-state index in [9.17, 15) is 9.59 Å². The van der Waals surface area contributed by atoms with Gasteiger partial charge >= 0.3 is 5.97 Å². The Labute approximate surface area is 151 Å². The van der Waals surface area contributed by atoms with Gasteiger partial charge in [0.05, 0.1) is 25.4 Å². The molecular formula is C19H22N2O5. The van der Waals surface area contributed by atoms with Gasteiger partial charge in [-0.2, -0.15) is 0 Å². The van der Waals surface area contributed by atoms with Crippen LogP contribution in [0.2, 0.25) is 0 Å². The van der Waals surface area contributed by atoms with Crippen molar-refractivity contribution in [3.63, 3.8) is 0 Å². The van der Waals surface area contributed by atoms with Gasteiger partial charge in [-0.15, -0.1) is 0 Å². The van der Waals surface area contributed by atoms with Crippen LogP contribution in [0.15, 0.2) is 18.2 Å². The van der Waals surface area contributed by atoms with Crippen LogP contribution in [0.4, 0.5) is 5.69 Å². The topological polar surface area (TPSA) is 89.7 Å². The Morgan fingerprint density at radius 3 is 2.65 bits per heavy atom. The predicted octanol–water partition coefficient (Wildman–Crippen LogP) is 3.22. The summed E-state index contributed by atoms with van der Waals surface area (Å²) in [6, 6.07) is 5.26. The average Bonchev–Trinajstić information content (AvgIpc) is 2.77. The molecule has 0 aliphatic carbocycles. The van der Waals surface area contributed by atoms with E-state index in [2.05, 4.69) is 10.3 Å². The van der Waals surface area contributed by atoms with Crippen molar-refractivity contribution in [1.82, 2.24) is 4.98 Å². The zero-order chi connectivity index (χ0) is 18.7. The molecule has 3 rings (SSSR count). The quantitative estimate of drug-likeness (QED) is 0.819. The molecule has 0 bridgehead atoms. The summed E-state index contributed by atoms with van der Waals surface area (Å²) in [6.45, 7) is 6.66. The van der Waals surface area contributed by atoms with Crippen LogP contribution >= 0.6 is 0 Å². The number of rotatable bonds is 4. The van der Waals surface area contributed by atoms with E-state index in [1.807, 2.05) is 0 Å². The Bertz CT molecular complexity index is 841. The molecule has 0 radical (unpaired) electrons. The third-order valence-electron chi connectivity index (χ3n) is 4.15. The van der Waals surface area contributed by atoms with E-state index in [1.54, 1.807) is 39.0 Å². The largest absolute Gasteiger partial charge is 0.490 e. The maximum atomic E-state index is 12.7. The van der Waals surface area contributed by atoms with Crippen molar-refractivity contribution in [3.05, 3.63) is 40.7 Å². The van der Waals surface area contributed by atoms with Crippen molar-refractivity contribution in [2.75, 3.05) is 25.1 Å². The molecule has 1 aliphatic heterocycles. The summed E-state index contributed by atoms with van der Waals surface area (Å²) >= 11 is 0. The van der Waals surface area contributed by atoms with Crippen LogP contribution in [0.3, 0.4) is 0 Å². The lowest BCUT2D eigenvalue weighted by atomic mass is 10.1. The molecule has 0 spiro atoms. The number of hydrogen-bond donors (Lipinski definition) is 2. The Morgan fingerprint density at radius 1 is 1.19 bits per heavy atom. The molecule has 0 unspecified atom stereocenters. The van der Waals surface area contributed by atoms with E-state index in [0.29, 0.717) is 52.9 Å². The summed E-state index contributed by atoms with van der Waals surface area (Å²) in [5.74, 6) is 0.493. The number of hydrogen-bond acceptors (Lipinski definition) is 5. The van der Waals surface area contributed by atoms with Gasteiger partial charge < -0.3 is 24.5 Å². The Kier molecular flexibility index (Phi) is 5.16. The van der Waals surface area contributed by atoms with Crippen LogP contribution < -0.4 is 14.8 Å². The molecule has 7 nitrogen and oxygen atoms in total. The molecule has 26 heavy (non-hydrogen) atoms. The maximum absolute atomic E-state index is 12.7. The van der Waals surface area contributed by atoms with Gasteiger partial charge in [-0.05, 0) is 38.5 Å². The SMILES string of the molecule is CCOC(=O)c1c(C)[nH]c(C(=O)Nc2ccc3c(c2)OCCCO3)c1C. The van der Waals surface area contributed by atoms with Crippen molar-refractivity contribution in [3.8, 4) is 11.5 Å². The van der Waals surface area contributed by atoms with E-state index in [1.165, 1.54) is 0 Å². The number of carbonyl (C=O) groups is 2. The number of amides is 1. The van der Waals surface area contributed by atoms with Crippen molar-refractivity contribution in [1.29, 1.82) is 0 Å². The second kappa shape index (κ2) is 7.51. The number of benzene rings is 1. The summed E-state index contributed by atoms with van der Waals surface area (Å²) in [5, 5.41) is 2.82. The second-order valence-electron chi connectivity index (χ2n) is 6.01. The third-order valence-corrected chi connectivity index (χ3v) is 4.15. The highest BCUT2D eigenvalue weighted by molar-refractivity contribution is 6.07. The lowest BCUT2D eigenvalue weighted by Gasteiger charge is -2.10. The van der Waals surface area contributed by atoms with E-state index >= 15 is 0 Å². The molecule has 7 heteroatoms. The number of ether oxygens (including phenoxy) is 3. The normalized spacial score (nSPS) is 13.0. The Morgan fingerprint density at radius 2 is 1.92 bits per heavy atom. The molecule has 1 amide bonds. The Hall–Kier alpha value is -2.96. The van der Waals surface area contributed by atoms with Gasteiger partial charge in [-0.1, -0.05) is 0 Å². The first-order valence-electron chi connectivity index (χ1n) is 8.58. The minimum Gasteiger partial charge on any atom is -0.490 e. The first-order chi connectivity index (χ1) is 12.5. The molecule has 138 valence electrons. The third kappa shape index (κ3) is 3.51. The second-order valence-corrected chi connectivity index (χ2v) is 6.01. The van der Waals surface area contributed by atoms with Crippen molar-refractivity contribution < 1.29 is 23.8 Å². The average molecular weight is 358 g/mol. The first kappa shape index (κ1) is 17.8. The van der Waals surface area contributed by atoms with Gasteiger partial charge in [0.1, 0.15) is 5.69 Å². The zero-order valence-corrected chi connectivity index (χ0v) is 15.1. The molecule has 2 N–H and O–H groups in total. The highest BCUT2D eigenvalue weighted by Gasteiger charge is 2.23. The Balaban J connectivity index is 1.81. The molecule has 0 fully saturated rings. The van der Waals surface area contributed by atoms with Gasteiger partial charge in [-0.3, -0.25) is 4.79 Å². The number of fused-ring (bicyclic) bond motifs is 1. The molecule has 0 saturated carbocycles. The van der Waals surface area contributed by atoms with Crippen LogP contribution in [-0.2, 0) is 4.74 Å². The van der Waals surface area contributed by atoms with Crippen molar-refractivity contribution in [2.45, 2.75) is 27.2 Å². The van der Waals surface area contributed by atoms with Gasteiger partial charge in [0.2, 0.25) is 0 Å². The van der Waals surface area contributed by atoms with Gasteiger partial charge in [-0.25, -0.2) is 4.79 Å².